The number of rotatable bonds is 4. The third kappa shape index (κ3) is 4.59. The van der Waals surface area contributed by atoms with Gasteiger partial charge in [-0.25, -0.2) is 4.39 Å². The lowest BCUT2D eigenvalue weighted by Crippen LogP contribution is -2.38. The summed E-state index contributed by atoms with van der Waals surface area (Å²) in [4.78, 5) is 28.9. The number of likely N-dealkylation sites (tertiary alicyclic amines) is 2. The molecular formula is C20H27FN2O2. The number of halogens is 1. The number of aryl methyl sites for hydroxylation is 1. The number of benzene rings is 1. The van der Waals surface area contributed by atoms with Crippen LogP contribution in [-0.4, -0.2) is 47.8 Å². The minimum absolute atomic E-state index is 0.0226. The van der Waals surface area contributed by atoms with Crippen LogP contribution in [0.3, 0.4) is 0 Å². The maximum absolute atomic E-state index is 13.6. The first-order valence-electron chi connectivity index (χ1n) is 9.45. The Morgan fingerprint density at radius 3 is 2.44 bits per heavy atom. The van der Waals surface area contributed by atoms with Crippen LogP contribution >= 0.6 is 0 Å². The summed E-state index contributed by atoms with van der Waals surface area (Å²) in [6.07, 6.45) is 6.04. The molecule has 1 aromatic carbocycles. The fourth-order valence-electron chi connectivity index (χ4n) is 3.84. The van der Waals surface area contributed by atoms with Crippen molar-refractivity contribution < 1.29 is 14.0 Å². The van der Waals surface area contributed by atoms with Crippen LogP contribution in [0.25, 0.3) is 0 Å². The van der Waals surface area contributed by atoms with Crippen LogP contribution in [0.4, 0.5) is 4.39 Å². The maximum atomic E-state index is 13.6. The first-order chi connectivity index (χ1) is 12.1. The lowest BCUT2D eigenvalue weighted by molar-refractivity contribution is -0.135. The standard InChI is InChI=1S/C20H27FN2O2/c21-18-8-4-3-7-16(18)9-10-19(24)23-14-11-17(15-23)20(25)22-12-5-1-2-6-13-22/h3-4,7-8,17H,1-2,5-6,9-15H2/t17-/m0/s1. The van der Waals surface area contributed by atoms with Gasteiger partial charge in [-0.05, 0) is 37.3 Å². The molecule has 0 N–H and O–H groups in total. The molecule has 1 aromatic rings. The van der Waals surface area contributed by atoms with Crippen LogP contribution in [0.2, 0.25) is 0 Å². The van der Waals surface area contributed by atoms with E-state index in [-0.39, 0.29) is 23.5 Å². The van der Waals surface area contributed by atoms with Gasteiger partial charge in [0.15, 0.2) is 0 Å². The van der Waals surface area contributed by atoms with Crippen molar-refractivity contribution in [3.05, 3.63) is 35.6 Å². The van der Waals surface area contributed by atoms with Gasteiger partial charge >= 0.3 is 0 Å². The summed E-state index contributed by atoms with van der Waals surface area (Å²) in [6, 6.07) is 6.58. The summed E-state index contributed by atoms with van der Waals surface area (Å²) in [7, 11) is 0. The zero-order chi connectivity index (χ0) is 17.6. The SMILES string of the molecule is O=C(CCc1ccccc1F)N1CC[C@H](C(=O)N2CCCCCC2)C1. The van der Waals surface area contributed by atoms with Crippen LogP contribution in [0.15, 0.2) is 24.3 Å². The molecule has 2 heterocycles. The minimum atomic E-state index is -0.258. The second-order valence-electron chi connectivity index (χ2n) is 7.16. The van der Waals surface area contributed by atoms with E-state index < -0.39 is 0 Å². The molecule has 1 atom stereocenters. The van der Waals surface area contributed by atoms with Gasteiger partial charge in [-0.15, -0.1) is 0 Å². The monoisotopic (exact) mass is 346 g/mol. The number of nitrogens with zero attached hydrogens (tertiary/aromatic N) is 2. The molecule has 0 radical (unpaired) electrons. The van der Waals surface area contributed by atoms with Crippen LogP contribution < -0.4 is 0 Å². The van der Waals surface area contributed by atoms with Gasteiger partial charge in [0.2, 0.25) is 11.8 Å². The van der Waals surface area contributed by atoms with Crippen LogP contribution in [0, 0.1) is 11.7 Å². The Morgan fingerprint density at radius 1 is 1.00 bits per heavy atom. The molecule has 4 nitrogen and oxygen atoms in total. The molecule has 2 fully saturated rings. The molecular weight excluding hydrogens is 319 g/mol. The fraction of sp³-hybridized carbons (Fsp3) is 0.600. The topological polar surface area (TPSA) is 40.6 Å². The summed E-state index contributed by atoms with van der Waals surface area (Å²) in [5.41, 5.74) is 0.576. The van der Waals surface area contributed by atoms with Crippen LogP contribution in [0.1, 0.15) is 44.1 Å². The van der Waals surface area contributed by atoms with Crippen molar-refractivity contribution in [2.24, 2.45) is 5.92 Å². The molecule has 0 bridgehead atoms. The van der Waals surface area contributed by atoms with E-state index in [9.17, 15) is 14.0 Å². The number of hydrogen-bond donors (Lipinski definition) is 0. The molecule has 25 heavy (non-hydrogen) atoms. The Kier molecular flexibility index (Phi) is 6.05. The van der Waals surface area contributed by atoms with Gasteiger partial charge in [0.05, 0.1) is 5.92 Å². The van der Waals surface area contributed by atoms with Gasteiger partial charge in [-0.3, -0.25) is 9.59 Å². The average Bonchev–Trinajstić information content (AvgIpc) is 2.96. The van der Waals surface area contributed by atoms with E-state index in [2.05, 4.69) is 0 Å². The van der Waals surface area contributed by atoms with E-state index in [1.165, 1.54) is 18.9 Å². The van der Waals surface area contributed by atoms with Crippen LogP contribution in [-0.2, 0) is 16.0 Å². The lowest BCUT2D eigenvalue weighted by atomic mass is 10.1. The lowest BCUT2D eigenvalue weighted by Gasteiger charge is -2.24. The Labute approximate surface area is 149 Å². The first-order valence-corrected chi connectivity index (χ1v) is 9.45. The van der Waals surface area contributed by atoms with Crippen molar-refractivity contribution in [3.8, 4) is 0 Å². The van der Waals surface area contributed by atoms with Gasteiger partial charge in [0, 0.05) is 32.6 Å². The smallest absolute Gasteiger partial charge is 0.227 e. The van der Waals surface area contributed by atoms with E-state index in [0.717, 1.165) is 32.4 Å². The number of hydrogen-bond acceptors (Lipinski definition) is 2. The van der Waals surface area contributed by atoms with E-state index in [0.29, 0.717) is 31.5 Å². The second kappa shape index (κ2) is 8.45. The molecule has 0 saturated carbocycles. The van der Waals surface area contributed by atoms with Gasteiger partial charge < -0.3 is 9.80 Å². The van der Waals surface area contributed by atoms with Crippen LogP contribution in [0.5, 0.6) is 0 Å². The largest absolute Gasteiger partial charge is 0.342 e. The Balaban J connectivity index is 1.49. The van der Waals surface area contributed by atoms with Crippen molar-refractivity contribution >= 4 is 11.8 Å². The summed E-state index contributed by atoms with van der Waals surface area (Å²) < 4.78 is 13.6. The van der Waals surface area contributed by atoms with Crippen molar-refractivity contribution in [2.75, 3.05) is 26.2 Å². The van der Waals surface area contributed by atoms with Crippen molar-refractivity contribution in [2.45, 2.75) is 44.9 Å². The normalized spacial score (nSPS) is 21.2. The quantitative estimate of drug-likeness (QED) is 0.841. The molecule has 0 spiro atoms. The van der Waals surface area contributed by atoms with Crippen molar-refractivity contribution in [1.29, 1.82) is 0 Å². The van der Waals surface area contributed by atoms with Gasteiger partial charge in [0.1, 0.15) is 5.82 Å². The second-order valence-corrected chi connectivity index (χ2v) is 7.16. The maximum Gasteiger partial charge on any atom is 0.227 e. The van der Waals surface area contributed by atoms with Gasteiger partial charge in [-0.1, -0.05) is 31.0 Å². The third-order valence-corrected chi connectivity index (χ3v) is 5.37. The highest BCUT2D eigenvalue weighted by molar-refractivity contribution is 5.82. The third-order valence-electron chi connectivity index (χ3n) is 5.37. The predicted octanol–water partition coefficient (Wildman–Crippen LogP) is 3.01. The molecule has 0 aliphatic carbocycles. The molecule has 0 unspecified atom stereocenters. The Hall–Kier alpha value is -1.91. The van der Waals surface area contributed by atoms with E-state index >= 15 is 0 Å². The first kappa shape index (κ1) is 17.9. The van der Waals surface area contributed by atoms with E-state index in [1.807, 2.05) is 4.90 Å². The molecule has 136 valence electrons. The average molecular weight is 346 g/mol. The summed E-state index contributed by atoms with van der Waals surface area (Å²) in [5, 5.41) is 0. The number of carbonyl (C=O) groups is 2. The summed E-state index contributed by atoms with van der Waals surface area (Å²) >= 11 is 0. The molecule has 2 saturated heterocycles. The Morgan fingerprint density at radius 2 is 1.72 bits per heavy atom. The van der Waals surface area contributed by atoms with Crippen molar-refractivity contribution in [3.63, 3.8) is 0 Å². The molecule has 3 rings (SSSR count). The summed E-state index contributed by atoms with van der Waals surface area (Å²) in [5.74, 6) is -0.0813. The van der Waals surface area contributed by atoms with E-state index in [4.69, 9.17) is 0 Å². The highest BCUT2D eigenvalue weighted by Gasteiger charge is 2.33. The van der Waals surface area contributed by atoms with Gasteiger partial charge in [-0.2, -0.15) is 0 Å². The fourth-order valence-corrected chi connectivity index (χ4v) is 3.84. The zero-order valence-corrected chi connectivity index (χ0v) is 14.8. The molecule has 0 aromatic heterocycles. The predicted molar refractivity (Wildman–Crippen MR) is 94.5 cm³/mol. The zero-order valence-electron chi connectivity index (χ0n) is 14.8. The summed E-state index contributed by atoms with van der Waals surface area (Å²) in [6.45, 7) is 2.87. The molecule has 2 aliphatic rings. The highest BCUT2D eigenvalue weighted by atomic mass is 19.1. The molecule has 2 amide bonds. The van der Waals surface area contributed by atoms with Gasteiger partial charge in [0.25, 0.3) is 0 Å². The number of carbonyl (C=O) groups excluding carboxylic acids is 2. The Bertz CT molecular complexity index is 611. The molecule has 2 aliphatic heterocycles. The number of amides is 2. The highest BCUT2D eigenvalue weighted by Crippen LogP contribution is 2.22. The van der Waals surface area contributed by atoms with Crippen molar-refractivity contribution in [1.82, 2.24) is 9.80 Å². The van der Waals surface area contributed by atoms with E-state index in [1.54, 1.807) is 23.1 Å². The minimum Gasteiger partial charge on any atom is -0.342 e. The molecule has 5 heteroatoms.